The lowest BCUT2D eigenvalue weighted by Crippen LogP contribution is -2.24. The first kappa shape index (κ1) is 9.47. The van der Waals surface area contributed by atoms with Crippen LogP contribution in [-0.2, 0) is 16.7 Å². The molecule has 2 heterocycles. The van der Waals surface area contributed by atoms with Crippen molar-refractivity contribution in [3.8, 4) is 5.88 Å². The van der Waals surface area contributed by atoms with E-state index in [4.69, 9.17) is 9.29 Å². The molecule has 14 heavy (non-hydrogen) atoms. The van der Waals surface area contributed by atoms with Gasteiger partial charge in [0.1, 0.15) is 0 Å². The molecule has 78 valence electrons. The maximum atomic E-state index is 10.9. The van der Waals surface area contributed by atoms with E-state index in [2.05, 4.69) is 5.10 Å². The van der Waals surface area contributed by atoms with E-state index in [1.54, 1.807) is 0 Å². The third kappa shape index (κ3) is 1.48. The average molecular weight is 218 g/mol. The Morgan fingerprint density at radius 3 is 3.07 bits per heavy atom. The largest absolute Gasteiger partial charge is 0.476 e. The van der Waals surface area contributed by atoms with Crippen LogP contribution in [0.3, 0.4) is 0 Å². The van der Waals surface area contributed by atoms with E-state index < -0.39 is 10.1 Å². The van der Waals surface area contributed by atoms with Gasteiger partial charge in [0, 0.05) is 5.92 Å². The predicted octanol–water partition coefficient (Wildman–Crippen LogP) is 0.158. The molecular weight excluding hydrogens is 208 g/mol. The van der Waals surface area contributed by atoms with Crippen molar-refractivity contribution < 1.29 is 17.7 Å². The van der Waals surface area contributed by atoms with Gasteiger partial charge in [-0.15, -0.1) is 0 Å². The molecule has 1 aliphatic rings. The van der Waals surface area contributed by atoms with Crippen molar-refractivity contribution >= 4 is 10.1 Å². The van der Waals surface area contributed by atoms with Crippen LogP contribution < -0.4 is 4.74 Å². The van der Waals surface area contributed by atoms with Crippen LogP contribution in [0.25, 0.3) is 0 Å². The molecule has 0 aliphatic carbocycles. The highest BCUT2D eigenvalue weighted by atomic mass is 32.2. The fraction of sp³-hybridized carbons (Fsp3) is 0.571. The lowest BCUT2D eigenvalue weighted by molar-refractivity contribution is 0.170. The van der Waals surface area contributed by atoms with Crippen molar-refractivity contribution in [2.24, 2.45) is 5.92 Å². The van der Waals surface area contributed by atoms with Crippen LogP contribution in [-0.4, -0.2) is 29.4 Å². The lowest BCUT2D eigenvalue weighted by atomic mass is 10.2. The SMILES string of the molecule is CC1COc2c(S(=O)(=O)O)cnn2C1. The molecule has 0 saturated carbocycles. The Kier molecular flexibility index (Phi) is 2.00. The van der Waals surface area contributed by atoms with Gasteiger partial charge in [-0.25, -0.2) is 4.68 Å². The second kappa shape index (κ2) is 2.96. The summed E-state index contributed by atoms with van der Waals surface area (Å²) in [5.41, 5.74) is 0. The highest BCUT2D eigenvalue weighted by molar-refractivity contribution is 7.86. The standard InChI is InChI=1S/C7H10N2O4S/c1-5-3-9-7(13-4-5)6(2-8-9)14(10,11)12/h2,5H,3-4H2,1H3,(H,10,11,12). The maximum absolute atomic E-state index is 10.9. The number of fused-ring (bicyclic) bond motifs is 1. The van der Waals surface area contributed by atoms with Crippen molar-refractivity contribution in [2.75, 3.05) is 6.61 Å². The molecule has 1 aromatic rings. The molecule has 6 nitrogen and oxygen atoms in total. The van der Waals surface area contributed by atoms with Gasteiger partial charge in [-0.1, -0.05) is 6.92 Å². The van der Waals surface area contributed by atoms with Crippen LogP contribution in [0.4, 0.5) is 0 Å². The molecule has 2 rings (SSSR count). The summed E-state index contributed by atoms with van der Waals surface area (Å²) in [6, 6.07) is 0. The first-order chi connectivity index (χ1) is 6.48. The van der Waals surface area contributed by atoms with Gasteiger partial charge in [0.05, 0.1) is 19.3 Å². The number of hydrogen-bond acceptors (Lipinski definition) is 4. The zero-order valence-corrected chi connectivity index (χ0v) is 8.36. The van der Waals surface area contributed by atoms with E-state index in [0.29, 0.717) is 13.2 Å². The topological polar surface area (TPSA) is 81.4 Å². The summed E-state index contributed by atoms with van der Waals surface area (Å²) >= 11 is 0. The van der Waals surface area contributed by atoms with Crippen molar-refractivity contribution in [1.82, 2.24) is 9.78 Å². The highest BCUT2D eigenvalue weighted by Gasteiger charge is 2.26. The Hall–Kier alpha value is -1.08. The summed E-state index contributed by atoms with van der Waals surface area (Å²) in [5.74, 6) is 0.419. The molecule has 1 aliphatic heterocycles. The van der Waals surface area contributed by atoms with Gasteiger partial charge in [-0.3, -0.25) is 4.55 Å². The van der Waals surface area contributed by atoms with Gasteiger partial charge in [-0.05, 0) is 0 Å². The number of nitrogens with zero attached hydrogens (tertiary/aromatic N) is 2. The third-order valence-corrected chi connectivity index (χ3v) is 2.86. The summed E-state index contributed by atoms with van der Waals surface area (Å²) < 4.78 is 37.2. The molecule has 0 fully saturated rings. The van der Waals surface area contributed by atoms with Crippen molar-refractivity contribution in [1.29, 1.82) is 0 Å². The van der Waals surface area contributed by atoms with Crippen LogP contribution >= 0.6 is 0 Å². The van der Waals surface area contributed by atoms with Crippen molar-refractivity contribution in [3.63, 3.8) is 0 Å². The molecule has 1 N–H and O–H groups in total. The lowest BCUT2D eigenvalue weighted by Gasteiger charge is -2.20. The average Bonchev–Trinajstić information content (AvgIpc) is 2.45. The molecule has 0 spiro atoms. The van der Waals surface area contributed by atoms with Crippen molar-refractivity contribution in [3.05, 3.63) is 6.20 Å². The monoisotopic (exact) mass is 218 g/mol. The Balaban J connectivity index is 2.49. The molecule has 0 radical (unpaired) electrons. The number of rotatable bonds is 1. The van der Waals surface area contributed by atoms with E-state index in [-0.39, 0.29) is 16.7 Å². The van der Waals surface area contributed by atoms with Crippen molar-refractivity contribution in [2.45, 2.75) is 18.4 Å². The minimum absolute atomic E-state index is 0.130. The zero-order valence-electron chi connectivity index (χ0n) is 7.54. The van der Waals surface area contributed by atoms with Gasteiger partial charge < -0.3 is 4.74 Å². The highest BCUT2D eigenvalue weighted by Crippen LogP contribution is 2.27. The van der Waals surface area contributed by atoms with Gasteiger partial charge in [0.25, 0.3) is 0 Å². The Labute approximate surface area is 81.2 Å². The van der Waals surface area contributed by atoms with E-state index >= 15 is 0 Å². The van der Waals surface area contributed by atoms with E-state index in [1.807, 2.05) is 6.92 Å². The summed E-state index contributed by atoms with van der Waals surface area (Å²) in [4.78, 5) is -0.260. The van der Waals surface area contributed by atoms with E-state index in [0.717, 1.165) is 6.20 Å². The molecule has 1 unspecified atom stereocenters. The Morgan fingerprint density at radius 1 is 1.71 bits per heavy atom. The van der Waals surface area contributed by atoms with Crippen LogP contribution in [0, 0.1) is 5.92 Å². The Bertz CT molecular complexity index is 450. The van der Waals surface area contributed by atoms with Gasteiger partial charge in [0.2, 0.25) is 5.88 Å². The maximum Gasteiger partial charge on any atom is 0.301 e. The fourth-order valence-electron chi connectivity index (χ4n) is 1.38. The zero-order chi connectivity index (χ0) is 10.3. The summed E-state index contributed by atoms with van der Waals surface area (Å²) in [6.45, 7) is 3.01. The summed E-state index contributed by atoms with van der Waals surface area (Å²) in [5, 5.41) is 3.83. The molecule has 0 aromatic carbocycles. The van der Waals surface area contributed by atoms with Crippen LogP contribution in [0.1, 0.15) is 6.92 Å². The molecule has 1 atom stereocenters. The van der Waals surface area contributed by atoms with Crippen LogP contribution in [0.15, 0.2) is 11.1 Å². The summed E-state index contributed by atoms with van der Waals surface area (Å²) in [6.07, 6.45) is 1.10. The fourth-order valence-corrected chi connectivity index (χ4v) is 1.94. The molecule has 0 bridgehead atoms. The number of ether oxygens (including phenoxy) is 1. The van der Waals surface area contributed by atoms with Gasteiger partial charge in [0.15, 0.2) is 4.90 Å². The van der Waals surface area contributed by atoms with Gasteiger partial charge >= 0.3 is 10.1 Å². The quantitative estimate of drug-likeness (QED) is 0.679. The molecule has 0 amide bonds. The summed E-state index contributed by atoms with van der Waals surface area (Å²) in [7, 11) is -4.23. The normalized spacial score (nSPS) is 21.4. The second-order valence-electron chi connectivity index (χ2n) is 3.39. The molecular formula is C7H10N2O4S. The Morgan fingerprint density at radius 2 is 2.43 bits per heavy atom. The number of aromatic nitrogens is 2. The van der Waals surface area contributed by atoms with E-state index in [1.165, 1.54) is 4.68 Å². The van der Waals surface area contributed by atoms with E-state index in [9.17, 15) is 8.42 Å². The number of hydrogen-bond donors (Lipinski definition) is 1. The first-order valence-electron chi connectivity index (χ1n) is 4.14. The molecule has 1 aromatic heterocycles. The smallest absolute Gasteiger partial charge is 0.301 e. The molecule has 0 saturated heterocycles. The van der Waals surface area contributed by atoms with Gasteiger partial charge in [-0.2, -0.15) is 13.5 Å². The van der Waals surface area contributed by atoms with Crippen LogP contribution in [0.2, 0.25) is 0 Å². The third-order valence-electron chi connectivity index (χ3n) is 2.03. The molecule has 7 heteroatoms. The predicted molar refractivity (Wildman–Crippen MR) is 46.7 cm³/mol. The first-order valence-corrected chi connectivity index (χ1v) is 5.58. The second-order valence-corrected chi connectivity index (χ2v) is 4.78. The minimum atomic E-state index is -4.23. The minimum Gasteiger partial charge on any atom is -0.476 e. The van der Waals surface area contributed by atoms with Crippen LogP contribution in [0.5, 0.6) is 5.88 Å².